The number of hydrogen-bond donors (Lipinski definition) is 1. The zero-order valence-electron chi connectivity index (χ0n) is 13.2. The number of allylic oxidation sites excluding steroid dienone is 1. The summed E-state index contributed by atoms with van der Waals surface area (Å²) in [5, 5.41) is 1.06. The number of carbonyl (C=O) groups is 1. The summed E-state index contributed by atoms with van der Waals surface area (Å²) in [6.07, 6.45) is 7.58. The van der Waals surface area contributed by atoms with E-state index in [0.29, 0.717) is 5.56 Å². The molecule has 0 bridgehead atoms. The molecule has 3 rings (SSSR count). The van der Waals surface area contributed by atoms with Crippen LogP contribution in [0.5, 0.6) is 5.75 Å². The van der Waals surface area contributed by atoms with Gasteiger partial charge in [-0.15, -0.1) is 0 Å². The van der Waals surface area contributed by atoms with Gasteiger partial charge in [-0.25, -0.2) is 0 Å². The molecule has 2 aromatic heterocycles. The molecule has 4 heteroatoms. The van der Waals surface area contributed by atoms with E-state index in [4.69, 9.17) is 4.74 Å². The molecule has 0 saturated heterocycles. The van der Waals surface area contributed by atoms with Crippen molar-refractivity contribution < 1.29 is 9.53 Å². The van der Waals surface area contributed by atoms with Crippen molar-refractivity contribution in [2.24, 2.45) is 0 Å². The molecular formula is C19H18N2O2. The number of carbonyl (C=O) groups excluding carboxylic acids is 1. The summed E-state index contributed by atoms with van der Waals surface area (Å²) in [6, 6.07) is 9.34. The minimum atomic E-state index is -0.0355. The zero-order valence-corrected chi connectivity index (χ0v) is 13.2. The Morgan fingerprint density at radius 2 is 2.04 bits per heavy atom. The van der Waals surface area contributed by atoms with Gasteiger partial charge in [-0.3, -0.25) is 9.78 Å². The van der Waals surface area contributed by atoms with Crippen molar-refractivity contribution >= 4 is 22.8 Å². The van der Waals surface area contributed by atoms with Gasteiger partial charge in [0.05, 0.1) is 7.11 Å². The summed E-state index contributed by atoms with van der Waals surface area (Å²) >= 11 is 0. The topological polar surface area (TPSA) is 55.0 Å². The molecule has 0 aliphatic carbocycles. The minimum Gasteiger partial charge on any atom is -0.497 e. The van der Waals surface area contributed by atoms with Crippen molar-refractivity contribution in [1.82, 2.24) is 9.97 Å². The van der Waals surface area contributed by atoms with E-state index in [1.54, 1.807) is 37.7 Å². The van der Waals surface area contributed by atoms with Crippen molar-refractivity contribution in [3.63, 3.8) is 0 Å². The van der Waals surface area contributed by atoms with Crippen molar-refractivity contribution in [2.75, 3.05) is 7.11 Å². The number of nitrogens with zero attached hydrogens (tertiary/aromatic N) is 1. The second-order valence-electron chi connectivity index (χ2n) is 5.22. The number of aryl methyl sites for hydroxylation is 1. The lowest BCUT2D eigenvalue weighted by molar-refractivity contribution is 0.104. The third-order valence-electron chi connectivity index (χ3n) is 3.85. The maximum atomic E-state index is 12.2. The van der Waals surface area contributed by atoms with E-state index in [-0.39, 0.29) is 5.78 Å². The summed E-state index contributed by atoms with van der Waals surface area (Å²) in [5.74, 6) is 0.765. The molecule has 116 valence electrons. The molecule has 1 N–H and O–H groups in total. The Bertz CT molecular complexity index is 864. The number of nitrogens with one attached hydrogen (secondary N) is 1. The van der Waals surface area contributed by atoms with E-state index < -0.39 is 0 Å². The highest BCUT2D eigenvalue weighted by molar-refractivity contribution is 6.08. The van der Waals surface area contributed by atoms with Gasteiger partial charge in [0.2, 0.25) is 0 Å². The van der Waals surface area contributed by atoms with E-state index in [1.165, 1.54) is 0 Å². The Hall–Kier alpha value is -2.88. The number of fused-ring (bicyclic) bond motifs is 1. The molecule has 0 spiro atoms. The smallest absolute Gasteiger partial charge is 0.185 e. The van der Waals surface area contributed by atoms with Gasteiger partial charge in [0.25, 0.3) is 0 Å². The first kappa shape index (κ1) is 15.0. The molecule has 0 aliphatic rings. The fraction of sp³-hybridized carbons (Fsp3) is 0.158. The fourth-order valence-corrected chi connectivity index (χ4v) is 2.62. The van der Waals surface area contributed by atoms with E-state index in [9.17, 15) is 4.79 Å². The summed E-state index contributed by atoms with van der Waals surface area (Å²) < 4.78 is 5.30. The van der Waals surface area contributed by atoms with E-state index >= 15 is 0 Å². The van der Waals surface area contributed by atoms with Crippen molar-refractivity contribution in [1.29, 1.82) is 0 Å². The average Bonchev–Trinajstić information content (AvgIpc) is 2.97. The highest BCUT2D eigenvalue weighted by atomic mass is 16.5. The third-order valence-corrected chi connectivity index (χ3v) is 3.85. The van der Waals surface area contributed by atoms with Crippen LogP contribution in [0.3, 0.4) is 0 Å². The highest BCUT2D eigenvalue weighted by Gasteiger charge is 2.09. The monoisotopic (exact) mass is 306 g/mol. The largest absolute Gasteiger partial charge is 0.497 e. The Balaban J connectivity index is 2.01. The molecule has 0 amide bonds. The summed E-state index contributed by atoms with van der Waals surface area (Å²) in [6.45, 7) is 2.09. The first-order valence-corrected chi connectivity index (χ1v) is 7.54. The molecule has 3 aromatic rings. The number of hydrogen-bond acceptors (Lipinski definition) is 3. The lowest BCUT2D eigenvalue weighted by Gasteiger charge is -2.00. The van der Waals surface area contributed by atoms with Gasteiger partial charge < -0.3 is 9.72 Å². The Labute approximate surface area is 134 Å². The lowest BCUT2D eigenvalue weighted by atomic mass is 10.1. The number of methoxy groups -OCH3 is 1. The van der Waals surface area contributed by atoms with Gasteiger partial charge in [0, 0.05) is 40.1 Å². The first-order chi connectivity index (χ1) is 11.2. The van der Waals surface area contributed by atoms with Crippen LogP contribution in [-0.4, -0.2) is 22.9 Å². The second-order valence-corrected chi connectivity index (χ2v) is 5.22. The van der Waals surface area contributed by atoms with Crippen molar-refractivity contribution in [2.45, 2.75) is 13.3 Å². The molecule has 2 heterocycles. The lowest BCUT2D eigenvalue weighted by Crippen LogP contribution is -1.94. The molecule has 0 fully saturated rings. The SMILES string of the molecule is CCc1[nH]c2ccc(OC)cc2c1/C=C/C(=O)c1ccncc1. The van der Waals surface area contributed by atoms with Gasteiger partial charge in [0.1, 0.15) is 5.75 Å². The van der Waals surface area contributed by atoms with Crippen LogP contribution in [0.15, 0.2) is 48.8 Å². The van der Waals surface area contributed by atoms with Crippen LogP contribution in [0.1, 0.15) is 28.5 Å². The molecule has 23 heavy (non-hydrogen) atoms. The predicted octanol–water partition coefficient (Wildman–Crippen LogP) is 4.03. The Kier molecular flexibility index (Phi) is 4.24. The van der Waals surface area contributed by atoms with Gasteiger partial charge in [-0.05, 0) is 48.9 Å². The maximum Gasteiger partial charge on any atom is 0.185 e. The Morgan fingerprint density at radius 1 is 1.26 bits per heavy atom. The van der Waals surface area contributed by atoms with Gasteiger partial charge in [-0.1, -0.05) is 6.92 Å². The van der Waals surface area contributed by atoms with Crippen LogP contribution in [0.2, 0.25) is 0 Å². The third kappa shape index (κ3) is 3.01. The minimum absolute atomic E-state index is 0.0355. The Morgan fingerprint density at radius 3 is 2.74 bits per heavy atom. The maximum absolute atomic E-state index is 12.2. The number of benzene rings is 1. The molecule has 0 unspecified atom stereocenters. The number of pyridine rings is 1. The summed E-state index contributed by atoms with van der Waals surface area (Å²) in [5.41, 5.74) is 3.81. The second kappa shape index (κ2) is 6.48. The summed E-state index contributed by atoms with van der Waals surface area (Å²) in [7, 11) is 1.65. The molecule has 0 atom stereocenters. The van der Waals surface area contributed by atoms with Gasteiger partial charge in [-0.2, -0.15) is 0 Å². The zero-order chi connectivity index (χ0) is 16.2. The predicted molar refractivity (Wildman–Crippen MR) is 91.8 cm³/mol. The quantitative estimate of drug-likeness (QED) is 0.572. The number of aromatic nitrogens is 2. The number of ketones is 1. The van der Waals surface area contributed by atoms with Crippen LogP contribution in [0, 0.1) is 0 Å². The number of H-pyrrole nitrogens is 1. The van der Waals surface area contributed by atoms with Crippen molar-refractivity contribution in [3.8, 4) is 5.75 Å². The number of ether oxygens (including phenoxy) is 1. The molecule has 0 aliphatic heterocycles. The average molecular weight is 306 g/mol. The van der Waals surface area contributed by atoms with E-state index in [1.807, 2.05) is 24.3 Å². The molecule has 1 aromatic carbocycles. The van der Waals surface area contributed by atoms with Gasteiger partial charge in [0.15, 0.2) is 5.78 Å². The van der Waals surface area contributed by atoms with Crippen LogP contribution in [-0.2, 0) is 6.42 Å². The van der Waals surface area contributed by atoms with Crippen LogP contribution in [0.25, 0.3) is 17.0 Å². The molecule has 0 saturated carbocycles. The van der Waals surface area contributed by atoms with Crippen LogP contribution in [0.4, 0.5) is 0 Å². The number of rotatable bonds is 5. The standard InChI is InChI=1S/C19H18N2O2/c1-3-17-15(5-7-19(22)13-8-10-20-11-9-13)16-12-14(23-2)4-6-18(16)21-17/h4-12,21H,3H2,1-2H3/b7-5+. The van der Waals surface area contributed by atoms with Gasteiger partial charge >= 0.3 is 0 Å². The summed E-state index contributed by atoms with van der Waals surface area (Å²) in [4.78, 5) is 19.6. The van der Waals surface area contributed by atoms with E-state index in [2.05, 4.69) is 16.9 Å². The van der Waals surface area contributed by atoms with Crippen LogP contribution >= 0.6 is 0 Å². The van der Waals surface area contributed by atoms with Crippen molar-refractivity contribution in [3.05, 3.63) is 65.6 Å². The normalized spacial score (nSPS) is 11.2. The first-order valence-electron chi connectivity index (χ1n) is 7.54. The van der Waals surface area contributed by atoms with Crippen LogP contribution < -0.4 is 4.74 Å². The van der Waals surface area contributed by atoms with E-state index in [0.717, 1.165) is 34.3 Å². The number of aromatic amines is 1. The molecular weight excluding hydrogens is 288 g/mol. The molecule has 0 radical (unpaired) electrons. The fourth-order valence-electron chi connectivity index (χ4n) is 2.62. The highest BCUT2D eigenvalue weighted by Crippen LogP contribution is 2.28. The molecule has 4 nitrogen and oxygen atoms in total.